The minimum Gasteiger partial charge on any atom is -0.468 e. The molecular formula is C42H70N2O5. The molecule has 5 fully saturated rings. The van der Waals surface area contributed by atoms with Gasteiger partial charge in [0.2, 0.25) is 11.8 Å². The van der Waals surface area contributed by atoms with Crippen molar-refractivity contribution in [2.24, 2.45) is 56.7 Å². The smallest absolute Gasteiger partial charge is 0.325 e. The first kappa shape index (κ1) is 38.3. The quantitative estimate of drug-likeness (QED) is 0.103. The van der Waals surface area contributed by atoms with Crippen LogP contribution in [0.15, 0.2) is 12.2 Å². The van der Waals surface area contributed by atoms with Crippen molar-refractivity contribution in [3.8, 4) is 0 Å². The van der Waals surface area contributed by atoms with E-state index >= 15 is 0 Å². The molecule has 49 heavy (non-hydrogen) atoms. The van der Waals surface area contributed by atoms with E-state index in [0.717, 1.165) is 83.6 Å². The summed E-state index contributed by atoms with van der Waals surface area (Å²) in [5, 5.41) is 17.1. The van der Waals surface area contributed by atoms with Crippen LogP contribution in [0.1, 0.15) is 151 Å². The zero-order valence-corrected chi connectivity index (χ0v) is 32.2. The monoisotopic (exact) mass is 683 g/mol. The Labute approximate surface area is 297 Å². The number of fused-ring (bicyclic) bond motifs is 7. The average Bonchev–Trinajstić information content (AvgIpc) is 3.46. The number of unbranched alkanes of at least 4 members (excludes halogenated alkanes) is 5. The zero-order chi connectivity index (χ0) is 35.8. The molecule has 0 heterocycles. The summed E-state index contributed by atoms with van der Waals surface area (Å²) in [5.74, 6) is 2.36. The molecule has 5 rings (SSSR count). The maximum atomic E-state index is 14.4. The Morgan fingerprint density at radius 2 is 1.47 bits per heavy atom. The van der Waals surface area contributed by atoms with Gasteiger partial charge in [-0.15, -0.1) is 0 Å². The van der Waals surface area contributed by atoms with E-state index in [2.05, 4.69) is 63.5 Å². The number of carbonyl (C=O) groups is 3. The fourth-order valence-electron chi connectivity index (χ4n) is 13.4. The summed E-state index contributed by atoms with van der Waals surface area (Å²) in [6, 6.07) is 0. The van der Waals surface area contributed by atoms with Crippen LogP contribution in [-0.4, -0.2) is 49.2 Å². The van der Waals surface area contributed by atoms with Crippen molar-refractivity contribution in [3.63, 3.8) is 0 Å². The van der Waals surface area contributed by atoms with Gasteiger partial charge in [-0.3, -0.25) is 14.4 Å². The van der Waals surface area contributed by atoms with Gasteiger partial charge < -0.3 is 20.5 Å². The third kappa shape index (κ3) is 6.65. The van der Waals surface area contributed by atoms with Crippen LogP contribution in [0.4, 0.5) is 0 Å². The lowest BCUT2D eigenvalue weighted by Crippen LogP contribution is -2.67. The Hall–Kier alpha value is -1.89. The number of aliphatic hydroxyl groups is 1. The van der Waals surface area contributed by atoms with Crippen molar-refractivity contribution in [2.45, 2.75) is 157 Å². The van der Waals surface area contributed by atoms with Gasteiger partial charge >= 0.3 is 5.97 Å². The first-order chi connectivity index (χ1) is 23.1. The van der Waals surface area contributed by atoms with E-state index in [1.807, 2.05) is 0 Å². The van der Waals surface area contributed by atoms with Gasteiger partial charge in [0, 0.05) is 13.0 Å². The van der Waals surface area contributed by atoms with E-state index in [4.69, 9.17) is 0 Å². The van der Waals surface area contributed by atoms with Gasteiger partial charge in [-0.2, -0.15) is 0 Å². The summed E-state index contributed by atoms with van der Waals surface area (Å²) >= 11 is 0. The summed E-state index contributed by atoms with van der Waals surface area (Å²) in [5.41, 5.74) is 1.68. The van der Waals surface area contributed by atoms with Crippen LogP contribution in [0.2, 0.25) is 0 Å². The molecule has 3 N–H and O–H groups in total. The lowest BCUT2D eigenvalue weighted by atomic mass is 9.32. The lowest BCUT2D eigenvalue weighted by Gasteiger charge is -2.72. The van der Waals surface area contributed by atoms with Gasteiger partial charge in [-0.1, -0.05) is 72.5 Å². The predicted molar refractivity (Wildman–Crippen MR) is 195 cm³/mol. The fourth-order valence-corrected chi connectivity index (χ4v) is 13.4. The van der Waals surface area contributed by atoms with Crippen LogP contribution in [-0.2, 0) is 19.1 Å². The van der Waals surface area contributed by atoms with E-state index in [-0.39, 0.29) is 45.6 Å². The van der Waals surface area contributed by atoms with Crippen LogP contribution in [0, 0.1) is 56.7 Å². The molecule has 0 bridgehead atoms. The molecule has 5 aliphatic rings. The number of aliphatic hydroxyl groups excluding tert-OH is 1. The third-order valence-electron chi connectivity index (χ3n) is 16.3. The van der Waals surface area contributed by atoms with Gasteiger partial charge in [0.25, 0.3) is 0 Å². The third-order valence-corrected chi connectivity index (χ3v) is 16.3. The Balaban J connectivity index is 1.18. The molecule has 0 aromatic carbocycles. The van der Waals surface area contributed by atoms with Crippen molar-refractivity contribution >= 4 is 17.8 Å². The number of allylic oxidation sites excluding steroid dienone is 1. The molecule has 7 heteroatoms. The molecule has 278 valence electrons. The van der Waals surface area contributed by atoms with Gasteiger partial charge in [-0.05, 0) is 135 Å². The first-order valence-corrected chi connectivity index (χ1v) is 20.0. The molecule has 0 spiro atoms. The summed E-state index contributed by atoms with van der Waals surface area (Å²) in [6.07, 6.45) is 17.5. The van der Waals surface area contributed by atoms with Crippen LogP contribution in [0.3, 0.4) is 0 Å². The normalized spacial score (nSPS) is 40.6. The molecule has 5 aliphatic carbocycles. The number of ether oxygens (including phenoxy) is 1. The Kier molecular flexibility index (Phi) is 11.4. The van der Waals surface area contributed by atoms with Gasteiger partial charge in [0.1, 0.15) is 6.54 Å². The highest BCUT2D eigenvalue weighted by atomic mass is 16.5. The molecule has 0 radical (unpaired) electrons. The van der Waals surface area contributed by atoms with Gasteiger partial charge in [0.05, 0.1) is 18.6 Å². The second-order valence-corrected chi connectivity index (χ2v) is 18.7. The van der Waals surface area contributed by atoms with Crippen LogP contribution in [0.5, 0.6) is 0 Å². The summed E-state index contributed by atoms with van der Waals surface area (Å²) in [4.78, 5) is 37.4. The molecule has 0 saturated heterocycles. The van der Waals surface area contributed by atoms with E-state index in [0.29, 0.717) is 41.9 Å². The summed E-state index contributed by atoms with van der Waals surface area (Å²) in [7, 11) is 1.32. The van der Waals surface area contributed by atoms with Crippen molar-refractivity contribution < 1.29 is 24.2 Å². The maximum Gasteiger partial charge on any atom is 0.325 e. The van der Waals surface area contributed by atoms with E-state index in [1.54, 1.807) is 0 Å². The topological polar surface area (TPSA) is 105 Å². The number of methoxy groups -OCH3 is 1. The minimum absolute atomic E-state index is 0.0335. The molecule has 0 aliphatic heterocycles. The number of esters is 1. The number of carbonyl (C=O) groups excluding carboxylic acids is 3. The number of hydrogen-bond acceptors (Lipinski definition) is 5. The number of hydrogen-bond donors (Lipinski definition) is 3. The molecular weight excluding hydrogens is 612 g/mol. The number of amides is 2. The van der Waals surface area contributed by atoms with E-state index in [9.17, 15) is 19.5 Å². The second kappa shape index (κ2) is 14.6. The van der Waals surface area contributed by atoms with Gasteiger partial charge in [0.15, 0.2) is 0 Å². The van der Waals surface area contributed by atoms with Gasteiger partial charge in [-0.25, -0.2) is 0 Å². The Morgan fingerprint density at radius 1 is 0.776 bits per heavy atom. The highest BCUT2D eigenvalue weighted by Crippen LogP contribution is 2.77. The summed E-state index contributed by atoms with van der Waals surface area (Å²) in [6.45, 7) is 20.0. The first-order valence-electron chi connectivity index (χ1n) is 20.0. The molecule has 0 unspecified atom stereocenters. The average molecular weight is 683 g/mol. The summed E-state index contributed by atoms with van der Waals surface area (Å²) < 4.78 is 4.56. The van der Waals surface area contributed by atoms with E-state index in [1.165, 1.54) is 38.4 Å². The highest BCUT2D eigenvalue weighted by molar-refractivity contribution is 5.84. The zero-order valence-electron chi connectivity index (χ0n) is 32.2. The molecule has 7 nitrogen and oxygen atoms in total. The number of nitrogens with one attached hydrogen (secondary N) is 2. The SMILES string of the molecule is C=C(C)[C@@H]1CC[C@]2(C(=O)NCCCCCCCCC(=O)NCC(=O)OC)CC[C@]3(C)[C@H](CC[C@@H]4[C@@]5(C)CC[C@H](O)C(C)(C)[C@@H]5CC[C@]43C)[C@@H]12. The Bertz CT molecular complexity index is 1250. The molecule has 10 atom stereocenters. The van der Waals surface area contributed by atoms with Crippen molar-refractivity contribution in [2.75, 3.05) is 20.2 Å². The van der Waals surface area contributed by atoms with Crippen LogP contribution >= 0.6 is 0 Å². The molecule has 5 saturated carbocycles. The highest BCUT2D eigenvalue weighted by Gasteiger charge is 2.71. The largest absolute Gasteiger partial charge is 0.468 e. The second-order valence-electron chi connectivity index (χ2n) is 18.7. The van der Waals surface area contributed by atoms with Crippen LogP contribution in [0.25, 0.3) is 0 Å². The van der Waals surface area contributed by atoms with Crippen LogP contribution < -0.4 is 10.6 Å². The van der Waals surface area contributed by atoms with Crippen molar-refractivity contribution in [1.82, 2.24) is 10.6 Å². The lowest BCUT2D eigenvalue weighted by molar-refractivity contribution is -0.246. The predicted octanol–water partition coefficient (Wildman–Crippen LogP) is 8.14. The standard InChI is InChI=1S/C42H70N2O5/c1-28(2)29-18-23-42(37(48)43-26-14-12-10-9-11-13-15-34(46)44-27-35(47)49-8)25-24-40(6)30(36(29)42)16-17-32-39(5)21-20-33(45)38(3,4)31(39)19-22-41(32,40)7/h29-33,36,45H,1,9-27H2,2-8H3,(H,43,48)(H,44,46)/t29-,30+,31-,32+,33-,36+,39-,40+,41+,42-/m0/s1. The van der Waals surface area contributed by atoms with Crippen molar-refractivity contribution in [3.05, 3.63) is 12.2 Å². The molecule has 2 amide bonds. The Morgan fingerprint density at radius 3 is 2.16 bits per heavy atom. The van der Waals surface area contributed by atoms with E-state index < -0.39 is 5.97 Å². The molecule has 0 aromatic heterocycles. The fraction of sp³-hybridized carbons (Fsp3) is 0.881. The minimum atomic E-state index is -0.430. The van der Waals surface area contributed by atoms with Crippen molar-refractivity contribution in [1.29, 1.82) is 0 Å². The maximum absolute atomic E-state index is 14.4. The molecule has 0 aromatic rings. The number of rotatable bonds is 13.